The number of hydrogen-bond donors (Lipinski definition) is 0. The maximum absolute atomic E-state index is 13.2. The first-order chi connectivity index (χ1) is 16.2. The Morgan fingerprint density at radius 2 is 2.03 bits per heavy atom. The van der Waals surface area contributed by atoms with E-state index in [9.17, 15) is 14.4 Å². The molecule has 3 saturated heterocycles. The fourth-order valence-electron chi connectivity index (χ4n) is 4.50. The molecule has 0 spiro atoms. The number of anilines is 1. The van der Waals surface area contributed by atoms with Crippen LogP contribution in [0, 0.1) is 11.3 Å². The van der Waals surface area contributed by atoms with Crippen molar-refractivity contribution in [1.29, 1.82) is 5.26 Å². The summed E-state index contributed by atoms with van der Waals surface area (Å²) in [5, 5.41) is 8.96. The summed E-state index contributed by atoms with van der Waals surface area (Å²) in [6, 6.07) is 4.58. The number of nitrogens with zero attached hydrogens (tertiary/aromatic N) is 6. The van der Waals surface area contributed by atoms with Crippen molar-refractivity contribution in [3.8, 4) is 6.07 Å². The molecular formula is C23H30N6O4S. The van der Waals surface area contributed by atoms with Crippen LogP contribution >= 0.6 is 11.8 Å². The predicted molar refractivity (Wildman–Crippen MR) is 127 cm³/mol. The van der Waals surface area contributed by atoms with E-state index in [1.165, 1.54) is 11.1 Å². The van der Waals surface area contributed by atoms with Crippen molar-refractivity contribution in [2.75, 3.05) is 49.3 Å². The van der Waals surface area contributed by atoms with E-state index in [-0.39, 0.29) is 30.9 Å². The molecule has 0 unspecified atom stereocenters. The third-order valence-corrected chi connectivity index (χ3v) is 7.12. The highest BCUT2D eigenvalue weighted by molar-refractivity contribution is 7.99. The minimum Gasteiger partial charge on any atom is -0.444 e. The first kappa shape index (κ1) is 24.1. The molecule has 3 fully saturated rings. The van der Waals surface area contributed by atoms with Crippen molar-refractivity contribution in [2.45, 2.75) is 44.9 Å². The molecule has 0 aliphatic carbocycles. The van der Waals surface area contributed by atoms with Gasteiger partial charge >= 0.3 is 6.09 Å². The second-order valence-electron chi connectivity index (χ2n) is 9.70. The monoisotopic (exact) mass is 486 g/mol. The molecule has 2 atom stereocenters. The van der Waals surface area contributed by atoms with Crippen molar-refractivity contribution >= 4 is 35.5 Å². The number of carbonyl (C=O) groups excluding carboxylic acids is 3. The molecule has 0 bridgehead atoms. The summed E-state index contributed by atoms with van der Waals surface area (Å²) in [7, 11) is 0. The lowest BCUT2D eigenvalue weighted by Gasteiger charge is -2.38. The normalized spacial score (nSPS) is 23.3. The summed E-state index contributed by atoms with van der Waals surface area (Å²) in [6.45, 7) is 7.53. The number of ether oxygens (including phenoxy) is 1. The number of likely N-dealkylation sites (tertiary alicyclic amines) is 1. The van der Waals surface area contributed by atoms with Crippen LogP contribution in [0.25, 0.3) is 0 Å². The zero-order valence-electron chi connectivity index (χ0n) is 19.8. The molecule has 4 heterocycles. The maximum Gasteiger partial charge on any atom is 0.411 e. The number of hydrogen-bond acceptors (Lipinski definition) is 8. The third-order valence-electron chi connectivity index (χ3n) is 6.16. The van der Waals surface area contributed by atoms with Crippen molar-refractivity contribution in [1.82, 2.24) is 19.7 Å². The number of aromatic nitrogens is 1. The van der Waals surface area contributed by atoms with Gasteiger partial charge < -0.3 is 19.4 Å². The second kappa shape index (κ2) is 9.70. The van der Waals surface area contributed by atoms with Crippen molar-refractivity contribution in [3.05, 3.63) is 23.9 Å². The van der Waals surface area contributed by atoms with Crippen LogP contribution in [-0.2, 0) is 14.3 Å². The maximum atomic E-state index is 13.2. The molecule has 0 saturated carbocycles. The minimum atomic E-state index is -0.679. The summed E-state index contributed by atoms with van der Waals surface area (Å²) < 4.78 is 5.59. The number of carbonyl (C=O) groups is 3. The lowest BCUT2D eigenvalue weighted by molar-refractivity contribution is -0.135. The Morgan fingerprint density at radius 3 is 2.62 bits per heavy atom. The topological polar surface area (TPSA) is 110 Å². The van der Waals surface area contributed by atoms with Crippen molar-refractivity contribution in [3.63, 3.8) is 0 Å². The standard InChI is InChI=1S/C23H30N6O4S/c1-23(2,3)33-22(32)29-13-17(10-18(29)21(31)27-8-9-34-15-27)28-7-6-26(14-20(28)30)19-5-4-16(11-24)12-25-19/h4-5,12,17-18H,6-10,13-15H2,1-3H3/t17-,18-/m0/s1. The SMILES string of the molecule is CC(C)(C)OC(=O)N1C[C@@H](N2CCN(c3ccc(C#N)cn3)CC2=O)C[C@H]1C(=O)N1CCSC1. The minimum absolute atomic E-state index is 0.0728. The summed E-state index contributed by atoms with van der Waals surface area (Å²) in [5.74, 6) is 2.01. The summed E-state index contributed by atoms with van der Waals surface area (Å²) in [6.07, 6.45) is 1.38. The number of amides is 3. The van der Waals surface area contributed by atoms with Crippen molar-refractivity contribution in [2.24, 2.45) is 0 Å². The van der Waals surface area contributed by atoms with Crippen LogP contribution in [0.1, 0.15) is 32.8 Å². The quantitative estimate of drug-likeness (QED) is 0.632. The smallest absolute Gasteiger partial charge is 0.411 e. The molecule has 0 radical (unpaired) electrons. The van der Waals surface area contributed by atoms with E-state index in [0.717, 1.165) is 5.75 Å². The van der Waals surface area contributed by atoms with Gasteiger partial charge in [-0.25, -0.2) is 9.78 Å². The highest BCUT2D eigenvalue weighted by Gasteiger charge is 2.46. The molecular weight excluding hydrogens is 456 g/mol. The van der Waals surface area contributed by atoms with E-state index in [4.69, 9.17) is 10.00 Å². The van der Waals surface area contributed by atoms with Gasteiger partial charge in [-0.3, -0.25) is 14.5 Å². The lowest BCUT2D eigenvalue weighted by atomic mass is 10.1. The van der Waals surface area contributed by atoms with Crippen LogP contribution in [-0.4, -0.2) is 99.6 Å². The van der Waals surface area contributed by atoms with Crippen LogP contribution in [0.15, 0.2) is 18.3 Å². The van der Waals surface area contributed by atoms with Gasteiger partial charge in [-0.15, -0.1) is 11.8 Å². The average molecular weight is 487 g/mol. The highest BCUT2D eigenvalue weighted by atomic mass is 32.2. The van der Waals surface area contributed by atoms with Gasteiger partial charge in [0.2, 0.25) is 11.8 Å². The third kappa shape index (κ3) is 5.22. The molecule has 0 N–H and O–H groups in total. The molecule has 3 amide bonds. The summed E-state index contributed by atoms with van der Waals surface area (Å²) in [5.41, 5.74) is -0.212. The Balaban J connectivity index is 1.46. The predicted octanol–water partition coefficient (Wildman–Crippen LogP) is 1.51. The molecule has 4 rings (SSSR count). The number of thioether (sulfide) groups is 1. The number of rotatable bonds is 3. The highest BCUT2D eigenvalue weighted by Crippen LogP contribution is 2.29. The zero-order valence-corrected chi connectivity index (χ0v) is 20.6. The lowest BCUT2D eigenvalue weighted by Crippen LogP contribution is -2.55. The Labute approximate surface area is 203 Å². The molecule has 34 heavy (non-hydrogen) atoms. The van der Waals surface area contributed by atoms with Gasteiger partial charge in [0, 0.05) is 38.1 Å². The second-order valence-corrected chi connectivity index (χ2v) is 10.8. The number of nitriles is 1. The Bertz CT molecular complexity index is 983. The Hall–Kier alpha value is -3.00. The fourth-order valence-corrected chi connectivity index (χ4v) is 5.46. The van der Waals surface area contributed by atoms with Gasteiger partial charge in [0.15, 0.2) is 0 Å². The van der Waals surface area contributed by atoms with E-state index >= 15 is 0 Å². The zero-order chi connectivity index (χ0) is 24.5. The van der Waals surface area contributed by atoms with E-state index in [1.807, 2.05) is 11.0 Å². The van der Waals surface area contributed by atoms with Gasteiger partial charge in [-0.2, -0.15) is 5.26 Å². The van der Waals surface area contributed by atoms with E-state index in [1.54, 1.807) is 54.5 Å². The van der Waals surface area contributed by atoms with Gasteiger partial charge in [-0.05, 0) is 39.3 Å². The van der Waals surface area contributed by atoms with Gasteiger partial charge in [0.1, 0.15) is 23.5 Å². The van der Waals surface area contributed by atoms with Crippen LogP contribution in [0.4, 0.5) is 10.6 Å². The molecule has 11 heteroatoms. The molecule has 182 valence electrons. The molecule has 3 aliphatic heterocycles. The average Bonchev–Trinajstić information content (AvgIpc) is 3.48. The largest absolute Gasteiger partial charge is 0.444 e. The Kier molecular flexibility index (Phi) is 6.89. The van der Waals surface area contributed by atoms with Gasteiger partial charge in [0.05, 0.1) is 24.0 Å². The van der Waals surface area contributed by atoms with E-state index < -0.39 is 17.7 Å². The molecule has 10 nitrogen and oxygen atoms in total. The van der Waals surface area contributed by atoms with E-state index in [0.29, 0.717) is 43.3 Å². The van der Waals surface area contributed by atoms with Crippen LogP contribution in [0.3, 0.4) is 0 Å². The van der Waals surface area contributed by atoms with Gasteiger partial charge in [0.25, 0.3) is 0 Å². The van der Waals surface area contributed by atoms with E-state index in [2.05, 4.69) is 4.98 Å². The van der Waals surface area contributed by atoms with Gasteiger partial charge in [-0.1, -0.05) is 0 Å². The van der Waals surface area contributed by atoms with Crippen LogP contribution in [0.5, 0.6) is 0 Å². The molecule has 3 aliphatic rings. The number of piperazine rings is 1. The first-order valence-corrected chi connectivity index (χ1v) is 12.6. The molecule has 0 aromatic carbocycles. The summed E-state index contributed by atoms with van der Waals surface area (Å²) in [4.78, 5) is 50.6. The fraction of sp³-hybridized carbons (Fsp3) is 0.609. The molecule has 1 aromatic rings. The Morgan fingerprint density at radius 1 is 1.24 bits per heavy atom. The summed E-state index contributed by atoms with van der Waals surface area (Å²) >= 11 is 1.70. The first-order valence-electron chi connectivity index (χ1n) is 11.4. The van der Waals surface area contributed by atoms with Crippen molar-refractivity contribution < 1.29 is 19.1 Å². The van der Waals surface area contributed by atoms with Crippen LogP contribution < -0.4 is 4.90 Å². The number of pyridine rings is 1. The van der Waals surface area contributed by atoms with Crippen LogP contribution in [0.2, 0.25) is 0 Å². The molecule has 1 aromatic heterocycles.